The van der Waals surface area contributed by atoms with Gasteiger partial charge >= 0.3 is 0 Å². The van der Waals surface area contributed by atoms with Crippen molar-refractivity contribution in [1.29, 1.82) is 0 Å². The molecule has 0 unspecified atom stereocenters. The van der Waals surface area contributed by atoms with Gasteiger partial charge in [0.1, 0.15) is 10.9 Å². The van der Waals surface area contributed by atoms with Crippen LogP contribution in [0.3, 0.4) is 0 Å². The summed E-state index contributed by atoms with van der Waals surface area (Å²) in [5.41, 5.74) is 6.84. The highest BCUT2D eigenvalue weighted by atomic mass is 35.5. The van der Waals surface area contributed by atoms with E-state index in [1.54, 1.807) is 37.3 Å². The first kappa shape index (κ1) is 14.1. The number of nitrogens with two attached hydrogens (primary N) is 1. The lowest BCUT2D eigenvalue weighted by Gasteiger charge is -2.07. The van der Waals surface area contributed by atoms with Crippen LogP contribution in [0.15, 0.2) is 30.3 Å². The van der Waals surface area contributed by atoms with E-state index in [1.807, 2.05) is 0 Å². The van der Waals surface area contributed by atoms with E-state index >= 15 is 0 Å². The van der Waals surface area contributed by atoms with Crippen LogP contribution in [-0.2, 0) is 4.79 Å². The van der Waals surface area contributed by atoms with Crippen molar-refractivity contribution in [2.45, 2.75) is 6.92 Å². The molecule has 6 nitrogen and oxygen atoms in total. The Morgan fingerprint density at radius 2 is 2.20 bits per heavy atom. The van der Waals surface area contributed by atoms with E-state index in [-0.39, 0.29) is 23.6 Å². The fraction of sp³-hybridized carbons (Fsp3) is 0.154. The van der Waals surface area contributed by atoms with Gasteiger partial charge in [0.05, 0.1) is 0 Å². The van der Waals surface area contributed by atoms with Crippen LogP contribution >= 0.6 is 11.6 Å². The lowest BCUT2D eigenvalue weighted by molar-refractivity contribution is -0.118. The highest BCUT2D eigenvalue weighted by Crippen LogP contribution is 2.14. The standard InChI is InChI=1S/C13H13ClN4O2/c1-8-5-11(14)17-13(16-8)18-12(19)7-20-10-4-2-3-9(15)6-10/h2-6H,7,15H2,1H3,(H,16,17,18,19). The molecule has 7 heteroatoms. The molecule has 0 bridgehead atoms. The maximum atomic E-state index is 11.7. The van der Waals surface area contributed by atoms with Crippen molar-refractivity contribution < 1.29 is 9.53 Å². The van der Waals surface area contributed by atoms with Crippen LogP contribution in [0.25, 0.3) is 0 Å². The van der Waals surface area contributed by atoms with Crippen LogP contribution in [0.1, 0.15) is 5.69 Å². The summed E-state index contributed by atoms with van der Waals surface area (Å²) in [7, 11) is 0. The predicted octanol–water partition coefficient (Wildman–Crippen LogP) is 2.04. The van der Waals surface area contributed by atoms with Crippen LogP contribution in [0, 0.1) is 6.92 Å². The molecule has 1 amide bonds. The number of hydrogen-bond acceptors (Lipinski definition) is 5. The van der Waals surface area contributed by atoms with Gasteiger partial charge in [-0.15, -0.1) is 0 Å². The zero-order valence-electron chi connectivity index (χ0n) is 10.8. The molecule has 1 aromatic heterocycles. The Morgan fingerprint density at radius 1 is 1.40 bits per heavy atom. The van der Waals surface area contributed by atoms with Crippen molar-refractivity contribution in [2.75, 3.05) is 17.7 Å². The Labute approximate surface area is 120 Å². The number of nitrogens with one attached hydrogen (secondary N) is 1. The van der Waals surface area contributed by atoms with Crippen LogP contribution in [0.4, 0.5) is 11.6 Å². The summed E-state index contributed by atoms with van der Waals surface area (Å²) < 4.78 is 5.30. The fourth-order valence-corrected chi connectivity index (χ4v) is 1.74. The minimum atomic E-state index is -0.380. The van der Waals surface area contributed by atoms with Gasteiger partial charge in [0.2, 0.25) is 5.95 Å². The molecule has 104 valence electrons. The van der Waals surface area contributed by atoms with E-state index in [0.717, 1.165) is 0 Å². The van der Waals surface area contributed by atoms with E-state index in [4.69, 9.17) is 22.1 Å². The lowest BCUT2D eigenvalue weighted by atomic mass is 10.3. The summed E-state index contributed by atoms with van der Waals surface area (Å²) in [5, 5.41) is 2.77. The van der Waals surface area contributed by atoms with Crippen LogP contribution in [-0.4, -0.2) is 22.5 Å². The van der Waals surface area contributed by atoms with Crippen molar-refractivity contribution in [2.24, 2.45) is 0 Å². The molecule has 0 atom stereocenters. The first-order valence-corrected chi connectivity index (χ1v) is 6.20. The highest BCUT2D eigenvalue weighted by Gasteiger charge is 2.07. The molecule has 0 radical (unpaired) electrons. The van der Waals surface area contributed by atoms with E-state index < -0.39 is 0 Å². The minimum absolute atomic E-state index is 0.149. The molecule has 1 aromatic carbocycles. The largest absolute Gasteiger partial charge is 0.484 e. The number of nitrogen functional groups attached to an aromatic ring is 1. The van der Waals surface area contributed by atoms with Crippen molar-refractivity contribution >= 4 is 29.1 Å². The summed E-state index contributed by atoms with van der Waals surface area (Å²) in [6, 6.07) is 8.42. The average molecular weight is 293 g/mol. The number of nitrogens with zero attached hydrogens (tertiary/aromatic N) is 2. The summed E-state index contributed by atoms with van der Waals surface area (Å²) in [4.78, 5) is 19.6. The smallest absolute Gasteiger partial charge is 0.264 e. The Morgan fingerprint density at radius 3 is 2.90 bits per heavy atom. The minimum Gasteiger partial charge on any atom is -0.484 e. The van der Waals surface area contributed by atoms with Gasteiger partial charge in [-0.25, -0.2) is 9.97 Å². The van der Waals surface area contributed by atoms with Crippen LogP contribution in [0.2, 0.25) is 5.15 Å². The number of carbonyl (C=O) groups is 1. The highest BCUT2D eigenvalue weighted by molar-refractivity contribution is 6.29. The number of carbonyl (C=O) groups excluding carboxylic acids is 1. The quantitative estimate of drug-likeness (QED) is 0.665. The number of amides is 1. The third kappa shape index (κ3) is 4.10. The molecule has 1 heterocycles. The summed E-state index contributed by atoms with van der Waals surface area (Å²) in [5.74, 6) is 0.286. The number of hydrogen-bond donors (Lipinski definition) is 2. The van der Waals surface area contributed by atoms with E-state index in [2.05, 4.69) is 15.3 Å². The Balaban J connectivity index is 1.92. The average Bonchev–Trinajstić information content (AvgIpc) is 2.35. The van der Waals surface area contributed by atoms with Crippen molar-refractivity contribution in [3.05, 3.63) is 41.2 Å². The maximum absolute atomic E-state index is 11.7. The summed E-state index contributed by atoms with van der Waals surface area (Å²) in [6.07, 6.45) is 0. The molecule has 0 fully saturated rings. The van der Waals surface area contributed by atoms with Gasteiger partial charge < -0.3 is 10.5 Å². The van der Waals surface area contributed by atoms with Crippen LogP contribution in [0.5, 0.6) is 5.75 Å². The number of aryl methyl sites for hydroxylation is 1. The number of rotatable bonds is 4. The number of benzene rings is 1. The number of ether oxygens (including phenoxy) is 1. The van der Waals surface area contributed by atoms with Crippen molar-refractivity contribution in [3.8, 4) is 5.75 Å². The van der Waals surface area contributed by atoms with Gasteiger partial charge in [-0.3, -0.25) is 10.1 Å². The zero-order valence-corrected chi connectivity index (χ0v) is 11.5. The van der Waals surface area contributed by atoms with Gasteiger partial charge in [-0.05, 0) is 25.1 Å². The third-order valence-electron chi connectivity index (χ3n) is 2.30. The van der Waals surface area contributed by atoms with Gasteiger partial charge in [0.15, 0.2) is 6.61 Å². The van der Waals surface area contributed by atoms with Gasteiger partial charge in [0, 0.05) is 17.4 Å². The second-order valence-electron chi connectivity index (χ2n) is 4.06. The molecule has 2 rings (SSSR count). The van der Waals surface area contributed by atoms with Gasteiger partial charge in [-0.2, -0.15) is 0 Å². The second kappa shape index (κ2) is 6.21. The Kier molecular flexibility index (Phi) is 4.37. The number of halogens is 1. The van der Waals surface area contributed by atoms with E-state index in [1.165, 1.54) is 0 Å². The number of anilines is 2. The molecule has 0 saturated heterocycles. The molecule has 3 N–H and O–H groups in total. The number of aromatic nitrogens is 2. The van der Waals surface area contributed by atoms with Gasteiger partial charge in [0.25, 0.3) is 5.91 Å². The molecule has 0 saturated carbocycles. The SMILES string of the molecule is Cc1cc(Cl)nc(NC(=O)COc2cccc(N)c2)n1. The molecule has 0 aliphatic heterocycles. The third-order valence-corrected chi connectivity index (χ3v) is 2.50. The maximum Gasteiger partial charge on any atom is 0.264 e. The monoisotopic (exact) mass is 292 g/mol. The molecule has 0 spiro atoms. The van der Waals surface area contributed by atoms with E-state index in [9.17, 15) is 4.79 Å². The first-order valence-electron chi connectivity index (χ1n) is 5.82. The molecule has 0 aliphatic rings. The lowest BCUT2D eigenvalue weighted by Crippen LogP contribution is -2.21. The summed E-state index contributed by atoms with van der Waals surface area (Å²) in [6.45, 7) is 1.59. The van der Waals surface area contributed by atoms with Crippen molar-refractivity contribution in [1.82, 2.24) is 9.97 Å². The summed E-state index contributed by atoms with van der Waals surface area (Å²) >= 11 is 5.78. The molecule has 0 aliphatic carbocycles. The topological polar surface area (TPSA) is 90.1 Å². The van der Waals surface area contributed by atoms with Crippen LogP contribution < -0.4 is 15.8 Å². The zero-order chi connectivity index (χ0) is 14.5. The fourth-order valence-electron chi connectivity index (χ4n) is 1.50. The van der Waals surface area contributed by atoms with Gasteiger partial charge in [-0.1, -0.05) is 17.7 Å². The molecular formula is C13H13ClN4O2. The molecule has 2 aromatic rings. The van der Waals surface area contributed by atoms with E-state index in [0.29, 0.717) is 17.1 Å². The Bertz CT molecular complexity index is 613. The molecular weight excluding hydrogens is 280 g/mol. The predicted molar refractivity (Wildman–Crippen MR) is 76.8 cm³/mol. The second-order valence-corrected chi connectivity index (χ2v) is 4.45. The molecule has 20 heavy (non-hydrogen) atoms. The Hall–Kier alpha value is -2.34. The normalized spacial score (nSPS) is 10.1. The first-order chi connectivity index (χ1) is 9.52. The van der Waals surface area contributed by atoms with Crippen molar-refractivity contribution in [3.63, 3.8) is 0 Å².